The molecule has 0 fully saturated rings. The van der Waals surface area contributed by atoms with Gasteiger partial charge in [-0.1, -0.05) is 0 Å². The van der Waals surface area contributed by atoms with Crippen molar-refractivity contribution < 1.29 is 13.6 Å². The monoisotopic (exact) mass is 211 g/mol. The smallest absolute Gasteiger partial charge is 0.254 e. The highest BCUT2D eigenvalue weighted by atomic mass is 19.1. The molecule has 0 atom stereocenters. The molecule has 15 heavy (non-hydrogen) atoms. The summed E-state index contributed by atoms with van der Waals surface area (Å²) < 4.78 is 26.3. The van der Waals surface area contributed by atoms with Crippen molar-refractivity contribution in [2.45, 2.75) is 26.4 Å². The minimum Gasteiger partial charge on any atom is -0.332 e. The molecular formula is C11H11F2NO. The predicted molar refractivity (Wildman–Crippen MR) is 51.4 cm³/mol. The summed E-state index contributed by atoms with van der Waals surface area (Å²) in [7, 11) is 0. The second-order valence-corrected chi connectivity index (χ2v) is 3.94. The Hall–Kier alpha value is -1.45. The number of carbonyl (C=O) groups excluding carboxylic acids is 1. The molecule has 4 heteroatoms. The van der Waals surface area contributed by atoms with Crippen molar-refractivity contribution in [2.24, 2.45) is 0 Å². The van der Waals surface area contributed by atoms with E-state index < -0.39 is 11.6 Å². The van der Waals surface area contributed by atoms with Crippen molar-refractivity contribution in [2.75, 3.05) is 0 Å². The molecule has 1 amide bonds. The van der Waals surface area contributed by atoms with E-state index in [9.17, 15) is 13.6 Å². The minimum absolute atomic E-state index is 0.00707. The number of halogens is 2. The maximum absolute atomic E-state index is 13.3. The number of hydrogen-bond acceptors (Lipinski definition) is 1. The normalized spacial score (nSPS) is 15.0. The third-order valence-corrected chi connectivity index (χ3v) is 2.60. The van der Waals surface area contributed by atoms with Crippen LogP contribution in [0.5, 0.6) is 0 Å². The summed E-state index contributed by atoms with van der Waals surface area (Å²) in [4.78, 5) is 13.3. The summed E-state index contributed by atoms with van der Waals surface area (Å²) in [6.07, 6.45) is 0. The van der Waals surface area contributed by atoms with Crippen molar-refractivity contribution >= 4 is 5.91 Å². The third kappa shape index (κ3) is 1.50. The molecule has 1 heterocycles. The Balaban J connectivity index is 2.50. The van der Waals surface area contributed by atoms with Crippen LogP contribution in [0.25, 0.3) is 0 Å². The van der Waals surface area contributed by atoms with Gasteiger partial charge < -0.3 is 4.90 Å². The van der Waals surface area contributed by atoms with Gasteiger partial charge in [-0.15, -0.1) is 0 Å². The summed E-state index contributed by atoms with van der Waals surface area (Å²) >= 11 is 0. The van der Waals surface area contributed by atoms with E-state index >= 15 is 0 Å². The van der Waals surface area contributed by atoms with Crippen LogP contribution in [0.3, 0.4) is 0 Å². The van der Waals surface area contributed by atoms with Crippen LogP contribution in [0.15, 0.2) is 12.1 Å². The lowest BCUT2D eigenvalue weighted by Gasteiger charge is -2.19. The number of nitrogens with zero attached hydrogens (tertiary/aromatic N) is 1. The molecule has 0 radical (unpaired) electrons. The SMILES string of the molecule is CC(C)N1Cc2c(F)cc(F)cc2C1=O. The van der Waals surface area contributed by atoms with Crippen molar-refractivity contribution in [3.8, 4) is 0 Å². The minimum atomic E-state index is -0.704. The van der Waals surface area contributed by atoms with Crippen molar-refractivity contribution in [3.63, 3.8) is 0 Å². The van der Waals surface area contributed by atoms with Gasteiger partial charge in [-0.2, -0.15) is 0 Å². The van der Waals surface area contributed by atoms with Crippen LogP contribution in [0.4, 0.5) is 8.78 Å². The van der Waals surface area contributed by atoms with Crippen molar-refractivity contribution in [3.05, 3.63) is 34.9 Å². The highest BCUT2D eigenvalue weighted by Gasteiger charge is 2.31. The Morgan fingerprint density at radius 2 is 2.00 bits per heavy atom. The zero-order valence-corrected chi connectivity index (χ0v) is 8.55. The molecule has 80 valence electrons. The average molecular weight is 211 g/mol. The highest BCUT2D eigenvalue weighted by Crippen LogP contribution is 2.27. The second-order valence-electron chi connectivity index (χ2n) is 3.94. The van der Waals surface area contributed by atoms with Gasteiger partial charge >= 0.3 is 0 Å². The van der Waals surface area contributed by atoms with E-state index in [1.54, 1.807) is 0 Å². The maximum atomic E-state index is 13.3. The summed E-state index contributed by atoms with van der Waals surface area (Å²) in [6, 6.07) is 1.91. The number of fused-ring (bicyclic) bond motifs is 1. The van der Waals surface area contributed by atoms with Crippen LogP contribution in [0.1, 0.15) is 29.8 Å². The van der Waals surface area contributed by atoms with Gasteiger partial charge in [-0.25, -0.2) is 8.78 Å². The van der Waals surface area contributed by atoms with Crippen molar-refractivity contribution in [1.82, 2.24) is 4.90 Å². The Labute approximate surface area is 86.5 Å². The molecule has 0 saturated carbocycles. The molecule has 0 aromatic heterocycles. The number of hydrogen-bond donors (Lipinski definition) is 0. The lowest BCUT2D eigenvalue weighted by atomic mass is 10.1. The van der Waals surface area contributed by atoms with Gasteiger partial charge in [0.15, 0.2) is 0 Å². The van der Waals surface area contributed by atoms with E-state index in [4.69, 9.17) is 0 Å². The quantitative estimate of drug-likeness (QED) is 0.698. The summed E-state index contributed by atoms with van der Waals surface area (Å²) in [5.41, 5.74) is 0.455. The van der Waals surface area contributed by atoms with Gasteiger partial charge in [-0.05, 0) is 19.9 Å². The fourth-order valence-electron chi connectivity index (χ4n) is 1.77. The average Bonchev–Trinajstić information content (AvgIpc) is 2.44. The van der Waals surface area contributed by atoms with Crippen LogP contribution < -0.4 is 0 Å². The predicted octanol–water partition coefficient (Wildman–Crippen LogP) is 2.33. The van der Waals surface area contributed by atoms with Gasteiger partial charge in [0.05, 0.1) is 5.56 Å². The number of rotatable bonds is 1. The first-order valence-corrected chi connectivity index (χ1v) is 4.79. The topological polar surface area (TPSA) is 20.3 Å². The molecule has 1 aliphatic rings. The molecule has 0 bridgehead atoms. The maximum Gasteiger partial charge on any atom is 0.254 e. The van der Waals surface area contributed by atoms with E-state index in [1.165, 1.54) is 4.90 Å². The molecule has 0 N–H and O–H groups in total. The molecular weight excluding hydrogens is 200 g/mol. The fourth-order valence-corrected chi connectivity index (χ4v) is 1.77. The zero-order valence-electron chi connectivity index (χ0n) is 8.55. The van der Waals surface area contributed by atoms with Crippen LogP contribution >= 0.6 is 0 Å². The standard InChI is InChI=1S/C11H11F2NO/c1-6(2)14-5-9-8(11(14)15)3-7(12)4-10(9)13/h3-4,6H,5H2,1-2H3. The Morgan fingerprint density at radius 3 is 2.60 bits per heavy atom. The number of amides is 1. The molecule has 0 spiro atoms. The van der Waals surface area contributed by atoms with Crippen molar-refractivity contribution in [1.29, 1.82) is 0 Å². The molecule has 1 aromatic rings. The Bertz CT molecular complexity index is 429. The summed E-state index contributed by atoms with van der Waals surface area (Å²) in [6.45, 7) is 3.92. The van der Waals surface area contributed by atoms with Gasteiger partial charge in [0.1, 0.15) is 11.6 Å². The van der Waals surface area contributed by atoms with Crippen LogP contribution in [0.2, 0.25) is 0 Å². The fraction of sp³-hybridized carbons (Fsp3) is 0.364. The molecule has 0 unspecified atom stereocenters. The molecule has 1 aliphatic heterocycles. The van der Waals surface area contributed by atoms with E-state index in [1.807, 2.05) is 13.8 Å². The van der Waals surface area contributed by atoms with Crippen LogP contribution in [0, 0.1) is 11.6 Å². The Kier molecular flexibility index (Phi) is 2.21. The van der Waals surface area contributed by atoms with Crippen LogP contribution in [-0.2, 0) is 6.54 Å². The van der Waals surface area contributed by atoms with E-state index in [-0.39, 0.29) is 24.1 Å². The first-order chi connectivity index (χ1) is 7.00. The van der Waals surface area contributed by atoms with E-state index in [0.29, 0.717) is 5.56 Å². The second kappa shape index (κ2) is 3.29. The third-order valence-electron chi connectivity index (χ3n) is 2.60. The zero-order chi connectivity index (χ0) is 11.2. The van der Waals surface area contributed by atoms with Crippen LogP contribution in [-0.4, -0.2) is 16.8 Å². The molecule has 1 aromatic carbocycles. The molecule has 0 aliphatic carbocycles. The molecule has 0 saturated heterocycles. The van der Waals surface area contributed by atoms with E-state index in [0.717, 1.165) is 12.1 Å². The lowest BCUT2D eigenvalue weighted by molar-refractivity contribution is 0.0730. The summed E-state index contributed by atoms with van der Waals surface area (Å²) in [5, 5.41) is 0. The van der Waals surface area contributed by atoms with E-state index in [2.05, 4.69) is 0 Å². The molecule has 2 nitrogen and oxygen atoms in total. The number of carbonyl (C=O) groups is 1. The van der Waals surface area contributed by atoms with Gasteiger partial charge in [-0.3, -0.25) is 4.79 Å². The first kappa shape index (κ1) is 10.1. The highest BCUT2D eigenvalue weighted by molar-refractivity contribution is 5.98. The molecule has 2 rings (SSSR count). The first-order valence-electron chi connectivity index (χ1n) is 4.79. The van der Waals surface area contributed by atoms with Gasteiger partial charge in [0.2, 0.25) is 0 Å². The largest absolute Gasteiger partial charge is 0.332 e. The lowest BCUT2D eigenvalue weighted by Crippen LogP contribution is -2.30. The van der Waals surface area contributed by atoms with Gasteiger partial charge in [0, 0.05) is 24.2 Å². The summed E-state index contributed by atoms with van der Waals surface area (Å²) in [5.74, 6) is -1.63. The Morgan fingerprint density at radius 1 is 1.33 bits per heavy atom. The van der Waals surface area contributed by atoms with Gasteiger partial charge in [0.25, 0.3) is 5.91 Å². The number of benzene rings is 1.